The third-order valence-corrected chi connectivity index (χ3v) is 11.5. The molecule has 0 spiro atoms. The van der Waals surface area contributed by atoms with Crippen molar-refractivity contribution in [2.75, 3.05) is 25.0 Å². The van der Waals surface area contributed by atoms with E-state index in [0.29, 0.717) is 47.8 Å². The van der Waals surface area contributed by atoms with Crippen molar-refractivity contribution in [3.05, 3.63) is 82.4 Å². The number of aromatic nitrogens is 3. The van der Waals surface area contributed by atoms with Gasteiger partial charge in [-0.3, -0.25) is 29.2 Å². The number of benzene rings is 2. The second-order valence-corrected chi connectivity index (χ2v) is 15.9. The summed E-state index contributed by atoms with van der Waals surface area (Å²) in [6.45, 7) is 7.16. The third-order valence-electron chi connectivity index (χ3n) is 11.5. The van der Waals surface area contributed by atoms with Crippen LogP contribution in [-0.4, -0.2) is 68.8 Å². The summed E-state index contributed by atoms with van der Waals surface area (Å²) in [6, 6.07) is 15.8. The minimum atomic E-state index is -0.618. The molecule has 12 heteroatoms. The SMILES string of the molecule is CC(C)Oc1cc2nn([C@H]3CC[C@H](CN4CCC(c5ccc(OC6CCC(=O)NC6=O)cc5)CC4)CC3)cc2cc1C(=O)Nc1cccn(C2CC2)c1=O. The predicted octanol–water partition coefficient (Wildman–Crippen LogP) is 6.37. The second-order valence-electron chi connectivity index (χ2n) is 15.9. The molecule has 2 N–H and O–H groups in total. The molecule has 284 valence electrons. The number of hydrogen-bond acceptors (Lipinski definition) is 8. The molecule has 4 aliphatic rings. The number of ether oxygens (including phenoxy) is 2. The number of likely N-dealkylation sites (tertiary alicyclic amines) is 1. The number of hydrogen-bond donors (Lipinski definition) is 2. The van der Waals surface area contributed by atoms with E-state index in [4.69, 9.17) is 14.6 Å². The van der Waals surface area contributed by atoms with Crippen molar-refractivity contribution >= 4 is 34.3 Å². The second kappa shape index (κ2) is 15.4. The van der Waals surface area contributed by atoms with E-state index >= 15 is 0 Å². The van der Waals surface area contributed by atoms with Gasteiger partial charge in [0.25, 0.3) is 17.4 Å². The molecule has 2 aromatic heterocycles. The highest BCUT2D eigenvalue weighted by Gasteiger charge is 2.30. The van der Waals surface area contributed by atoms with Crippen LogP contribution in [0.3, 0.4) is 0 Å². The maximum Gasteiger partial charge on any atom is 0.274 e. The van der Waals surface area contributed by atoms with Crippen molar-refractivity contribution in [1.82, 2.24) is 24.6 Å². The first-order chi connectivity index (χ1) is 26.2. The lowest BCUT2D eigenvalue weighted by Crippen LogP contribution is -2.46. The molecule has 2 aliphatic heterocycles. The van der Waals surface area contributed by atoms with Crippen molar-refractivity contribution in [1.29, 1.82) is 0 Å². The number of amides is 3. The van der Waals surface area contributed by atoms with Crippen molar-refractivity contribution in [3.63, 3.8) is 0 Å². The van der Waals surface area contributed by atoms with E-state index in [2.05, 4.69) is 38.5 Å². The summed E-state index contributed by atoms with van der Waals surface area (Å²) >= 11 is 0. The van der Waals surface area contributed by atoms with Crippen molar-refractivity contribution in [3.8, 4) is 11.5 Å². The van der Waals surface area contributed by atoms with Crippen molar-refractivity contribution in [2.24, 2.45) is 5.92 Å². The molecule has 54 heavy (non-hydrogen) atoms. The summed E-state index contributed by atoms with van der Waals surface area (Å²) < 4.78 is 15.8. The van der Waals surface area contributed by atoms with Crippen LogP contribution in [0.15, 0.2) is 65.7 Å². The molecule has 2 saturated carbocycles. The summed E-state index contributed by atoms with van der Waals surface area (Å²) in [4.78, 5) is 52.7. The Bertz CT molecular complexity index is 2070. The van der Waals surface area contributed by atoms with Crippen molar-refractivity contribution in [2.45, 2.75) is 108 Å². The Kier molecular flexibility index (Phi) is 10.3. The number of carbonyl (C=O) groups is 3. The topological polar surface area (TPSA) is 137 Å². The molecule has 1 unspecified atom stereocenters. The average molecular weight is 735 g/mol. The van der Waals surface area contributed by atoms with Crippen LogP contribution in [0.5, 0.6) is 11.5 Å². The van der Waals surface area contributed by atoms with Crippen LogP contribution in [0.4, 0.5) is 5.69 Å². The molecule has 12 nitrogen and oxygen atoms in total. The number of anilines is 1. The van der Waals surface area contributed by atoms with E-state index in [1.807, 2.05) is 38.1 Å². The Labute approximate surface area is 315 Å². The van der Waals surface area contributed by atoms with Crippen LogP contribution in [0.1, 0.15) is 112 Å². The fourth-order valence-electron chi connectivity index (χ4n) is 8.40. The Morgan fingerprint density at radius 1 is 0.926 bits per heavy atom. The number of carbonyl (C=O) groups excluding carboxylic acids is 3. The molecule has 0 bridgehead atoms. The van der Waals surface area contributed by atoms with Crippen LogP contribution in [0.25, 0.3) is 10.9 Å². The largest absolute Gasteiger partial charge is 0.490 e. The molecule has 2 aliphatic carbocycles. The predicted molar refractivity (Wildman–Crippen MR) is 205 cm³/mol. The molecule has 3 amide bonds. The number of rotatable bonds is 11. The Balaban J connectivity index is 0.842. The van der Waals surface area contributed by atoms with Gasteiger partial charge in [0.15, 0.2) is 6.10 Å². The Morgan fingerprint density at radius 2 is 1.67 bits per heavy atom. The summed E-state index contributed by atoms with van der Waals surface area (Å²) in [6.07, 6.45) is 12.4. The van der Waals surface area contributed by atoms with Gasteiger partial charge in [0.1, 0.15) is 17.2 Å². The van der Waals surface area contributed by atoms with E-state index < -0.39 is 6.10 Å². The standard InChI is InChI=1S/C42H50N6O6/c1-26(2)53-38-23-36-30(22-34(38)40(50)43-35-4-3-19-47(42(35)52)31-11-12-31)25-48(45-36)32-9-5-27(6-10-32)24-46-20-17-29(18-21-46)28-7-13-33(14-8-28)54-37-15-16-39(49)44-41(37)51/h3-4,7-8,13-14,19,22-23,25-27,29,31-32,37H,5-6,9-12,15-18,20-21,24H2,1-2H3,(H,43,50)(H,44,49,51)/t27-,32-,37?. The zero-order chi connectivity index (χ0) is 37.3. The van der Waals surface area contributed by atoms with Gasteiger partial charge >= 0.3 is 0 Å². The van der Waals surface area contributed by atoms with Gasteiger partial charge in [-0.25, -0.2) is 0 Å². The lowest BCUT2D eigenvalue weighted by atomic mass is 9.84. The summed E-state index contributed by atoms with van der Waals surface area (Å²) in [5, 5.41) is 11.0. The van der Waals surface area contributed by atoms with Gasteiger partial charge in [0.05, 0.1) is 23.2 Å². The maximum atomic E-state index is 13.6. The van der Waals surface area contributed by atoms with Gasteiger partial charge in [-0.05, 0) is 126 Å². The van der Waals surface area contributed by atoms with Crippen LogP contribution in [0.2, 0.25) is 0 Å². The first-order valence-electron chi connectivity index (χ1n) is 19.7. The highest BCUT2D eigenvalue weighted by Crippen LogP contribution is 2.37. The summed E-state index contributed by atoms with van der Waals surface area (Å²) in [7, 11) is 0. The monoisotopic (exact) mass is 734 g/mol. The molecule has 2 aromatic carbocycles. The van der Waals surface area contributed by atoms with Gasteiger partial charge in [-0.2, -0.15) is 5.10 Å². The highest BCUT2D eigenvalue weighted by atomic mass is 16.5. The van der Waals surface area contributed by atoms with Gasteiger partial charge in [-0.15, -0.1) is 0 Å². The smallest absolute Gasteiger partial charge is 0.274 e. The van der Waals surface area contributed by atoms with Crippen LogP contribution in [0, 0.1) is 5.92 Å². The maximum absolute atomic E-state index is 13.6. The molecule has 4 aromatic rings. The molecule has 1 atom stereocenters. The highest BCUT2D eigenvalue weighted by molar-refractivity contribution is 6.08. The van der Waals surface area contributed by atoms with E-state index in [9.17, 15) is 19.2 Å². The lowest BCUT2D eigenvalue weighted by molar-refractivity contribution is -0.138. The first kappa shape index (κ1) is 36.0. The van der Waals surface area contributed by atoms with E-state index in [1.54, 1.807) is 22.9 Å². The average Bonchev–Trinajstić information content (AvgIpc) is 3.92. The summed E-state index contributed by atoms with van der Waals surface area (Å²) in [5.41, 5.74) is 2.58. The lowest BCUT2D eigenvalue weighted by Gasteiger charge is -2.36. The van der Waals surface area contributed by atoms with Gasteiger partial charge < -0.3 is 24.3 Å². The van der Waals surface area contributed by atoms with Gasteiger partial charge in [0.2, 0.25) is 5.91 Å². The van der Waals surface area contributed by atoms with Crippen LogP contribution >= 0.6 is 0 Å². The van der Waals surface area contributed by atoms with Gasteiger partial charge in [0, 0.05) is 49.3 Å². The zero-order valence-corrected chi connectivity index (χ0v) is 31.2. The molecule has 8 rings (SSSR count). The van der Waals surface area contributed by atoms with E-state index in [1.165, 1.54) is 5.56 Å². The zero-order valence-electron chi connectivity index (χ0n) is 31.2. The van der Waals surface area contributed by atoms with E-state index in [-0.39, 0.29) is 41.1 Å². The molecular formula is C42H50N6O6. The van der Waals surface area contributed by atoms with E-state index in [0.717, 1.165) is 81.9 Å². The normalized spacial score (nSPS) is 22.7. The number of fused-ring (bicyclic) bond motifs is 1. The molecule has 4 fully saturated rings. The van der Waals surface area contributed by atoms with Gasteiger partial charge in [-0.1, -0.05) is 12.1 Å². The third kappa shape index (κ3) is 8.08. The Morgan fingerprint density at radius 3 is 2.37 bits per heavy atom. The van der Waals surface area contributed by atoms with Crippen LogP contribution in [-0.2, 0) is 9.59 Å². The number of piperidine rings is 2. The summed E-state index contributed by atoms with van der Waals surface area (Å²) in [5.74, 6) is 1.32. The minimum Gasteiger partial charge on any atom is -0.490 e. The molecule has 2 saturated heterocycles. The van der Waals surface area contributed by atoms with Crippen LogP contribution < -0.4 is 25.7 Å². The molecule has 4 heterocycles. The fraction of sp³-hybridized carbons (Fsp3) is 0.500. The minimum absolute atomic E-state index is 0.138. The number of imide groups is 1. The number of pyridine rings is 1. The van der Waals surface area contributed by atoms with Crippen molar-refractivity contribution < 1.29 is 23.9 Å². The number of nitrogens with zero attached hydrogens (tertiary/aromatic N) is 4. The fourth-order valence-corrected chi connectivity index (χ4v) is 8.40. The Hall–Kier alpha value is -4.97. The quantitative estimate of drug-likeness (QED) is 0.170. The number of nitrogens with one attached hydrogen (secondary N) is 2. The molecular weight excluding hydrogens is 684 g/mol. The first-order valence-corrected chi connectivity index (χ1v) is 19.7. The molecule has 0 radical (unpaired) electrons.